The first kappa shape index (κ1) is 19.6. The van der Waals surface area contributed by atoms with Gasteiger partial charge in [-0.3, -0.25) is 4.79 Å². The van der Waals surface area contributed by atoms with E-state index >= 15 is 0 Å². The van der Waals surface area contributed by atoms with Gasteiger partial charge in [0.1, 0.15) is 11.4 Å². The number of methoxy groups -OCH3 is 1. The fourth-order valence-corrected chi connectivity index (χ4v) is 5.02. The Morgan fingerprint density at radius 3 is 3.00 bits per heavy atom. The van der Waals surface area contributed by atoms with Crippen molar-refractivity contribution < 1.29 is 9.53 Å². The van der Waals surface area contributed by atoms with Gasteiger partial charge in [0.25, 0.3) is 5.91 Å². The molecule has 1 amide bonds. The highest BCUT2D eigenvalue weighted by Crippen LogP contribution is 2.39. The average molecular weight is 471 g/mol. The Kier molecular flexibility index (Phi) is 5.66. The summed E-state index contributed by atoms with van der Waals surface area (Å²) in [6.07, 6.45) is 3.61. The second-order valence-electron chi connectivity index (χ2n) is 6.42. The third-order valence-electron chi connectivity index (χ3n) is 4.65. The van der Waals surface area contributed by atoms with E-state index in [1.54, 1.807) is 13.3 Å². The van der Waals surface area contributed by atoms with Crippen molar-refractivity contribution >= 4 is 44.2 Å². The molecule has 1 unspecified atom stereocenters. The number of hydrogen-bond acceptors (Lipinski definition) is 5. The van der Waals surface area contributed by atoms with E-state index in [0.717, 1.165) is 37.3 Å². The largest absolute Gasteiger partial charge is 0.497 e. The highest BCUT2D eigenvalue weighted by atomic mass is 79.9. The van der Waals surface area contributed by atoms with E-state index in [-0.39, 0.29) is 18.5 Å². The Labute approximate surface area is 180 Å². The highest BCUT2D eigenvalue weighted by molar-refractivity contribution is 9.10. The number of aromatic nitrogens is 2. The van der Waals surface area contributed by atoms with Crippen LogP contribution in [-0.4, -0.2) is 29.5 Å². The number of nitrogens with zero attached hydrogens (tertiary/aromatic N) is 1. The summed E-state index contributed by atoms with van der Waals surface area (Å²) in [5.74, 6) is 0.559. The first-order valence-electron chi connectivity index (χ1n) is 8.97. The summed E-state index contributed by atoms with van der Waals surface area (Å²) >= 11 is 5.03. The van der Waals surface area contributed by atoms with Crippen LogP contribution in [0.2, 0.25) is 0 Å². The molecule has 3 heterocycles. The van der Waals surface area contributed by atoms with Crippen LogP contribution < -0.4 is 15.8 Å². The van der Waals surface area contributed by atoms with Gasteiger partial charge in [0.2, 0.25) is 0 Å². The minimum absolute atomic E-state index is 0.167. The summed E-state index contributed by atoms with van der Waals surface area (Å²) in [4.78, 5) is 22.0. The van der Waals surface area contributed by atoms with Gasteiger partial charge in [-0.2, -0.15) is 0 Å². The molecule has 1 aromatic carbocycles. The zero-order valence-electron chi connectivity index (χ0n) is 15.6. The molecular weight excluding hydrogens is 452 g/mol. The van der Waals surface area contributed by atoms with E-state index in [4.69, 9.17) is 10.5 Å². The number of hydrogen-bond donors (Lipinski definition) is 3. The van der Waals surface area contributed by atoms with Gasteiger partial charge in [0.05, 0.1) is 22.9 Å². The molecule has 0 saturated carbocycles. The number of carbonyl (C=O) groups is 1. The van der Waals surface area contributed by atoms with Crippen LogP contribution in [-0.2, 0) is 0 Å². The number of ether oxygens (including phenoxy) is 1. The molecule has 0 fully saturated rings. The third kappa shape index (κ3) is 3.91. The summed E-state index contributed by atoms with van der Waals surface area (Å²) < 4.78 is 6.14. The number of amides is 1. The monoisotopic (exact) mass is 470 g/mol. The van der Waals surface area contributed by atoms with Gasteiger partial charge in [0, 0.05) is 34.4 Å². The fraction of sp³-hybridized carbons (Fsp3) is 0.143. The maximum absolute atomic E-state index is 12.9. The lowest BCUT2D eigenvalue weighted by atomic mass is 10.1. The zero-order chi connectivity index (χ0) is 20.4. The number of nitrogens with one attached hydrogen (secondary N) is 2. The molecule has 3 aromatic heterocycles. The molecule has 4 N–H and O–H groups in total. The van der Waals surface area contributed by atoms with Crippen molar-refractivity contribution in [1.29, 1.82) is 0 Å². The molecule has 0 spiro atoms. The maximum atomic E-state index is 12.9. The van der Waals surface area contributed by atoms with Crippen LogP contribution in [0.25, 0.3) is 21.5 Å². The minimum atomic E-state index is -0.306. The highest BCUT2D eigenvalue weighted by Gasteiger charge is 2.20. The number of benzene rings is 1. The predicted molar refractivity (Wildman–Crippen MR) is 119 cm³/mol. The average Bonchev–Trinajstić information content (AvgIpc) is 3.38. The van der Waals surface area contributed by atoms with Gasteiger partial charge in [-0.1, -0.05) is 12.1 Å². The molecule has 6 nitrogen and oxygen atoms in total. The van der Waals surface area contributed by atoms with Gasteiger partial charge in [-0.05, 0) is 51.8 Å². The van der Waals surface area contributed by atoms with Gasteiger partial charge < -0.3 is 20.8 Å². The van der Waals surface area contributed by atoms with Crippen molar-refractivity contribution in [2.45, 2.75) is 6.04 Å². The van der Waals surface area contributed by atoms with Crippen LogP contribution in [0.4, 0.5) is 0 Å². The lowest BCUT2D eigenvalue weighted by molar-refractivity contribution is 0.0942. The normalized spacial score (nSPS) is 12.1. The molecule has 29 heavy (non-hydrogen) atoms. The summed E-state index contributed by atoms with van der Waals surface area (Å²) in [5.41, 5.74) is 8.67. The van der Waals surface area contributed by atoms with Crippen molar-refractivity contribution in [3.8, 4) is 16.2 Å². The SMILES string of the molecule is COc1cccc(C(CN)NC(=O)c2cc(Br)c(-c3ccnc4[nH]ccc34)s2)c1. The number of nitrogens with two attached hydrogens (primary N) is 1. The topological polar surface area (TPSA) is 93.0 Å². The van der Waals surface area contributed by atoms with Crippen LogP contribution in [0.15, 0.2) is 59.3 Å². The second kappa shape index (κ2) is 8.36. The smallest absolute Gasteiger partial charge is 0.261 e. The first-order valence-corrected chi connectivity index (χ1v) is 10.6. The number of rotatable bonds is 6. The van der Waals surface area contributed by atoms with Crippen molar-refractivity contribution in [2.75, 3.05) is 13.7 Å². The summed E-state index contributed by atoms with van der Waals surface area (Å²) in [6.45, 7) is 0.284. The molecule has 0 aliphatic carbocycles. The van der Waals surface area contributed by atoms with E-state index in [0.29, 0.717) is 4.88 Å². The minimum Gasteiger partial charge on any atom is -0.497 e. The molecule has 148 valence electrons. The van der Waals surface area contributed by atoms with Crippen LogP contribution in [0.1, 0.15) is 21.3 Å². The van der Waals surface area contributed by atoms with Gasteiger partial charge in [-0.15, -0.1) is 11.3 Å². The zero-order valence-corrected chi connectivity index (χ0v) is 18.0. The Morgan fingerprint density at radius 1 is 1.34 bits per heavy atom. The molecule has 0 bridgehead atoms. The number of pyridine rings is 1. The molecular formula is C21H19BrN4O2S. The maximum Gasteiger partial charge on any atom is 0.261 e. The number of halogens is 1. The Hall–Kier alpha value is -2.68. The first-order chi connectivity index (χ1) is 14.1. The van der Waals surface area contributed by atoms with Gasteiger partial charge in [-0.25, -0.2) is 4.98 Å². The van der Waals surface area contributed by atoms with Crippen molar-refractivity contribution in [1.82, 2.24) is 15.3 Å². The number of H-pyrrole nitrogens is 1. The molecule has 0 radical (unpaired) electrons. The summed E-state index contributed by atoms with van der Waals surface area (Å²) in [7, 11) is 1.61. The van der Waals surface area contributed by atoms with Crippen LogP contribution in [0.5, 0.6) is 5.75 Å². The summed E-state index contributed by atoms with van der Waals surface area (Å²) in [6, 6.07) is 13.0. The Balaban J connectivity index is 1.61. The molecule has 0 aliphatic heterocycles. The third-order valence-corrected chi connectivity index (χ3v) is 6.71. The van der Waals surface area contributed by atoms with E-state index in [2.05, 4.69) is 31.2 Å². The molecule has 4 rings (SSSR count). The Morgan fingerprint density at radius 2 is 2.21 bits per heavy atom. The van der Waals surface area contributed by atoms with E-state index in [1.807, 2.05) is 48.7 Å². The van der Waals surface area contributed by atoms with Crippen LogP contribution >= 0.6 is 27.3 Å². The van der Waals surface area contributed by atoms with Gasteiger partial charge >= 0.3 is 0 Å². The van der Waals surface area contributed by atoms with Crippen molar-refractivity contribution in [2.24, 2.45) is 5.73 Å². The fourth-order valence-electron chi connectivity index (χ4n) is 3.19. The number of thiophene rings is 1. The lowest BCUT2D eigenvalue weighted by Gasteiger charge is -2.17. The van der Waals surface area contributed by atoms with Gasteiger partial charge in [0.15, 0.2) is 0 Å². The number of fused-ring (bicyclic) bond motifs is 1. The van der Waals surface area contributed by atoms with Crippen LogP contribution in [0, 0.1) is 0 Å². The second-order valence-corrected chi connectivity index (χ2v) is 8.33. The molecule has 8 heteroatoms. The van der Waals surface area contributed by atoms with E-state index in [9.17, 15) is 4.79 Å². The molecule has 1 atom stereocenters. The number of carbonyl (C=O) groups excluding carboxylic acids is 1. The molecule has 0 aliphatic rings. The van der Waals surface area contributed by atoms with E-state index < -0.39 is 0 Å². The van der Waals surface area contributed by atoms with Crippen LogP contribution in [0.3, 0.4) is 0 Å². The van der Waals surface area contributed by atoms with E-state index in [1.165, 1.54) is 11.3 Å². The quantitative estimate of drug-likeness (QED) is 0.386. The summed E-state index contributed by atoms with van der Waals surface area (Å²) in [5, 5.41) is 4.04. The Bertz CT molecular complexity index is 1170. The lowest BCUT2D eigenvalue weighted by Crippen LogP contribution is -2.32. The van der Waals surface area contributed by atoms with Crippen molar-refractivity contribution in [3.63, 3.8) is 0 Å². The number of aromatic amines is 1. The molecule has 0 saturated heterocycles. The standard InChI is InChI=1S/C21H19BrN4O2S/c1-28-13-4-2-3-12(9-13)17(11-23)26-21(27)18-10-16(22)19(29-18)14-5-7-24-20-15(14)6-8-25-20/h2-10,17H,11,23H2,1H3,(H,24,25)(H,26,27). The van der Waals surface area contributed by atoms with Crippen molar-refractivity contribution in [3.05, 3.63) is 69.8 Å². The predicted octanol–water partition coefficient (Wildman–Crippen LogP) is 4.49. The molecule has 4 aromatic rings.